The van der Waals surface area contributed by atoms with Crippen LogP contribution in [0, 0.1) is 6.92 Å². The quantitative estimate of drug-likeness (QED) is 0.916. The van der Waals surface area contributed by atoms with E-state index >= 15 is 0 Å². The van der Waals surface area contributed by atoms with Crippen LogP contribution in [0.3, 0.4) is 0 Å². The van der Waals surface area contributed by atoms with E-state index in [4.69, 9.17) is 5.11 Å². The molecule has 1 unspecified atom stereocenters. The Bertz CT molecular complexity index is 741. The summed E-state index contributed by atoms with van der Waals surface area (Å²) < 4.78 is 39.8. The van der Waals surface area contributed by atoms with Crippen molar-refractivity contribution in [3.8, 4) is 0 Å². The van der Waals surface area contributed by atoms with E-state index in [1.165, 1.54) is 11.3 Å². The number of anilines is 1. The van der Waals surface area contributed by atoms with Gasteiger partial charge in [0, 0.05) is 19.3 Å². The van der Waals surface area contributed by atoms with Crippen LogP contribution in [0.15, 0.2) is 6.20 Å². The van der Waals surface area contributed by atoms with Crippen LogP contribution in [0.25, 0.3) is 0 Å². The highest BCUT2D eigenvalue weighted by Crippen LogP contribution is 2.33. The van der Waals surface area contributed by atoms with Crippen LogP contribution >= 0.6 is 11.3 Å². The van der Waals surface area contributed by atoms with Crippen molar-refractivity contribution < 1.29 is 23.1 Å². The van der Waals surface area contributed by atoms with Crippen LogP contribution in [-0.4, -0.2) is 44.1 Å². The number of aromatic nitrogens is 4. The lowest BCUT2D eigenvalue weighted by Gasteiger charge is -2.14. The molecule has 3 rings (SSSR count). The molecule has 1 N–H and O–H groups in total. The second kappa shape index (κ2) is 5.48. The summed E-state index contributed by atoms with van der Waals surface area (Å²) >= 11 is 1.40. The van der Waals surface area contributed by atoms with Crippen LogP contribution in [0.5, 0.6) is 0 Å². The van der Waals surface area contributed by atoms with Crippen molar-refractivity contribution in [1.29, 1.82) is 0 Å². The fourth-order valence-electron chi connectivity index (χ4n) is 2.49. The van der Waals surface area contributed by atoms with Crippen molar-refractivity contribution in [2.75, 3.05) is 18.0 Å². The molecule has 1 saturated heterocycles. The van der Waals surface area contributed by atoms with Gasteiger partial charge in [0.2, 0.25) is 5.13 Å². The van der Waals surface area contributed by atoms with Crippen LogP contribution in [0.2, 0.25) is 0 Å². The Morgan fingerprint density at radius 1 is 1.43 bits per heavy atom. The maximum atomic E-state index is 12.9. The van der Waals surface area contributed by atoms with Crippen molar-refractivity contribution >= 4 is 22.4 Å². The van der Waals surface area contributed by atoms with E-state index in [0.717, 1.165) is 15.9 Å². The molecule has 2 aromatic rings. The average Bonchev–Trinajstić information content (AvgIpc) is 3.15. The van der Waals surface area contributed by atoms with E-state index in [2.05, 4.69) is 15.3 Å². The first-order valence-electron chi connectivity index (χ1n) is 6.70. The van der Waals surface area contributed by atoms with Gasteiger partial charge in [0.1, 0.15) is 10.6 Å². The molecule has 0 saturated carbocycles. The maximum Gasteiger partial charge on any atom is 0.436 e. The second-order valence-corrected chi connectivity index (χ2v) is 6.33. The minimum Gasteiger partial charge on any atom is -0.478 e. The molecule has 2 aromatic heterocycles. The summed E-state index contributed by atoms with van der Waals surface area (Å²) in [7, 11) is 0. The largest absolute Gasteiger partial charge is 0.478 e. The number of hydrogen-bond donors (Lipinski definition) is 1. The number of aromatic carboxylic acids is 1. The van der Waals surface area contributed by atoms with Gasteiger partial charge in [-0.25, -0.2) is 4.79 Å². The molecule has 7 nitrogen and oxygen atoms in total. The molecule has 3 heterocycles. The number of carbonyl (C=O) groups is 1. The summed E-state index contributed by atoms with van der Waals surface area (Å²) in [6, 6.07) is -0.339. The minimum atomic E-state index is -4.80. The van der Waals surface area contributed by atoms with Crippen LogP contribution in [0.4, 0.5) is 18.3 Å². The Morgan fingerprint density at radius 3 is 2.70 bits per heavy atom. The highest BCUT2D eigenvalue weighted by molar-refractivity contribution is 7.15. The third-order valence-electron chi connectivity index (χ3n) is 3.55. The highest BCUT2D eigenvalue weighted by atomic mass is 32.1. The zero-order valence-corrected chi connectivity index (χ0v) is 12.7. The molecule has 1 aliphatic heterocycles. The van der Waals surface area contributed by atoms with Crippen LogP contribution in [-0.2, 0) is 6.18 Å². The number of hydrogen-bond acceptors (Lipinski definition) is 6. The number of nitrogens with zero attached hydrogens (tertiary/aromatic N) is 5. The standard InChI is InChI=1S/C12H12F3N5O2S/c1-6-16-17-11(23-6)19-3-2-7(4-19)20-5-8(10(21)22)9(18-20)12(13,14)15/h5,7H,2-4H2,1H3,(H,21,22). The summed E-state index contributed by atoms with van der Waals surface area (Å²) in [6.07, 6.45) is -3.30. The van der Waals surface area contributed by atoms with Crippen molar-refractivity contribution in [2.24, 2.45) is 0 Å². The third-order valence-corrected chi connectivity index (χ3v) is 4.45. The molecule has 0 bridgehead atoms. The fourth-order valence-corrected chi connectivity index (χ4v) is 3.21. The fraction of sp³-hybridized carbons (Fsp3) is 0.500. The molecule has 0 radical (unpaired) electrons. The molecule has 1 fully saturated rings. The zero-order valence-electron chi connectivity index (χ0n) is 11.9. The van der Waals surface area contributed by atoms with E-state index < -0.39 is 23.4 Å². The van der Waals surface area contributed by atoms with Gasteiger partial charge >= 0.3 is 12.1 Å². The summed E-state index contributed by atoms with van der Waals surface area (Å²) in [6.45, 7) is 2.83. The summed E-state index contributed by atoms with van der Waals surface area (Å²) in [5.41, 5.74) is -2.20. The number of carboxylic acids is 1. The van der Waals surface area contributed by atoms with E-state index in [1.807, 2.05) is 11.8 Å². The first-order valence-corrected chi connectivity index (χ1v) is 7.52. The summed E-state index contributed by atoms with van der Waals surface area (Å²) in [4.78, 5) is 12.9. The van der Waals surface area contributed by atoms with Crippen molar-refractivity contribution in [3.05, 3.63) is 22.5 Å². The number of halogens is 3. The molecule has 1 aliphatic rings. The van der Waals surface area contributed by atoms with Gasteiger partial charge in [0.25, 0.3) is 0 Å². The highest BCUT2D eigenvalue weighted by Gasteiger charge is 2.40. The second-order valence-electron chi connectivity index (χ2n) is 5.17. The number of alkyl halides is 3. The molecule has 0 amide bonds. The summed E-state index contributed by atoms with van der Waals surface area (Å²) in [5.74, 6) is -1.64. The van der Waals surface area contributed by atoms with Gasteiger partial charge in [-0.15, -0.1) is 10.2 Å². The van der Waals surface area contributed by atoms with Gasteiger partial charge in [-0.2, -0.15) is 18.3 Å². The molecule has 0 aliphatic carbocycles. The molecular formula is C12H12F3N5O2S. The lowest BCUT2D eigenvalue weighted by molar-refractivity contribution is -0.142. The lowest BCUT2D eigenvalue weighted by Crippen LogP contribution is -2.21. The monoisotopic (exact) mass is 347 g/mol. The van der Waals surface area contributed by atoms with Crippen molar-refractivity contribution in [1.82, 2.24) is 20.0 Å². The molecule has 23 heavy (non-hydrogen) atoms. The summed E-state index contributed by atoms with van der Waals surface area (Å²) in [5, 5.41) is 21.8. The van der Waals surface area contributed by atoms with Crippen molar-refractivity contribution in [2.45, 2.75) is 25.6 Å². The van der Waals surface area contributed by atoms with E-state index in [-0.39, 0.29) is 6.04 Å². The van der Waals surface area contributed by atoms with Crippen LogP contribution in [0.1, 0.15) is 33.5 Å². The Labute approximate surface area is 132 Å². The number of rotatable bonds is 3. The smallest absolute Gasteiger partial charge is 0.436 e. The zero-order chi connectivity index (χ0) is 16.8. The van der Waals surface area contributed by atoms with Gasteiger partial charge in [0.05, 0.1) is 6.04 Å². The van der Waals surface area contributed by atoms with Gasteiger partial charge in [-0.3, -0.25) is 4.68 Å². The van der Waals surface area contributed by atoms with E-state index in [1.54, 1.807) is 0 Å². The third kappa shape index (κ3) is 3.00. The Kier molecular flexibility index (Phi) is 3.74. The molecule has 0 spiro atoms. The van der Waals surface area contributed by atoms with Crippen molar-refractivity contribution in [3.63, 3.8) is 0 Å². The molecular weight excluding hydrogens is 335 g/mol. The first-order chi connectivity index (χ1) is 10.8. The van der Waals surface area contributed by atoms with Gasteiger partial charge in [-0.1, -0.05) is 11.3 Å². The van der Waals surface area contributed by atoms with Gasteiger partial charge < -0.3 is 10.0 Å². The van der Waals surface area contributed by atoms with E-state index in [0.29, 0.717) is 24.6 Å². The first kappa shape index (κ1) is 15.7. The maximum absolute atomic E-state index is 12.9. The Hall–Kier alpha value is -2.17. The van der Waals surface area contributed by atoms with E-state index in [9.17, 15) is 18.0 Å². The molecule has 0 aromatic carbocycles. The Morgan fingerprint density at radius 2 is 2.17 bits per heavy atom. The molecule has 124 valence electrons. The molecule has 1 atom stereocenters. The predicted octanol–water partition coefficient (Wildman–Crippen LogP) is 2.21. The normalized spacial score (nSPS) is 18.6. The Balaban J connectivity index is 1.84. The minimum absolute atomic E-state index is 0.339. The van der Waals surface area contributed by atoms with Crippen LogP contribution < -0.4 is 4.90 Å². The van der Waals surface area contributed by atoms with Gasteiger partial charge in [-0.05, 0) is 13.3 Å². The number of carboxylic acid groups (broad SMARTS) is 1. The SMILES string of the molecule is Cc1nnc(N2CCC(n3cc(C(=O)O)c(C(F)(F)F)n3)C2)s1. The predicted molar refractivity (Wildman–Crippen MR) is 74.7 cm³/mol. The topological polar surface area (TPSA) is 84.1 Å². The average molecular weight is 347 g/mol. The van der Waals surface area contributed by atoms with Gasteiger partial charge in [0.15, 0.2) is 5.69 Å². The lowest BCUT2D eigenvalue weighted by atomic mass is 10.2. The number of aryl methyl sites for hydroxylation is 1. The molecule has 11 heteroatoms.